The molecule has 1 atom stereocenters. The van der Waals surface area contributed by atoms with Crippen molar-refractivity contribution < 1.29 is 9.13 Å². The molecular formula is C17H18FNO. The van der Waals surface area contributed by atoms with Crippen molar-refractivity contribution in [2.75, 3.05) is 6.61 Å². The Kier molecular flexibility index (Phi) is 3.22. The number of rotatable bonds is 3. The van der Waals surface area contributed by atoms with Crippen molar-refractivity contribution in [3.63, 3.8) is 0 Å². The van der Waals surface area contributed by atoms with Crippen molar-refractivity contribution in [1.82, 2.24) is 0 Å². The van der Waals surface area contributed by atoms with E-state index in [9.17, 15) is 4.39 Å². The maximum atomic E-state index is 14.2. The van der Waals surface area contributed by atoms with Crippen LogP contribution in [0.3, 0.4) is 0 Å². The molecule has 20 heavy (non-hydrogen) atoms. The van der Waals surface area contributed by atoms with Gasteiger partial charge in [-0.15, -0.1) is 0 Å². The van der Waals surface area contributed by atoms with Gasteiger partial charge in [0.05, 0.1) is 12.1 Å². The number of hydrogen-bond acceptors (Lipinski definition) is 2. The summed E-state index contributed by atoms with van der Waals surface area (Å²) < 4.78 is 19.9. The Morgan fingerprint density at radius 2 is 1.90 bits per heavy atom. The monoisotopic (exact) mass is 271 g/mol. The Labute approximate surface area is 118 Å². The number of ether oxygens (including phenoxy) is 1. The fourth-order valence-electron chi connectivity index (χ4n) is 2.92. The van der Waals surface area contributed by atoms with E-state index in [0.29, 0.717) is 18.6 Å². The summed E-state index contributed by atoms with van der Waals surface area (Å²) in [5, 5.41) is 0. The molecule has 0 fully saturated rings. The maximum Gasteiger partial charge on any atom is 0.128 e. The molecule has 1 unspecified atom stereocenters. The fourth-order valence-corrected chi connectivity index (χ4v) is 2.92. The largest absolute Gasteiger partial charge is 0.493 e. The Bertz CT molecular complexity index is 641. The van der Waals surface area contributed by atoms with E-state index in [1.807, 2.05) is 31.2 Å². The minimum atomic E-state index is -0.860. The first-order valence-electron chi connectivity index (χ1n) is 6.96. The molecule has 0 saturated carbocycles. The average Bonchev–Trinajstić information content (AvgIpc) is 2.95. The van der Waals surface area contributed by atoms with Crippen LogP contribution < -0.4 is 10.5 Å². The normalized spacial score (nSPS) is 16.4. The van der Waals surface area contributed by atoms with Crippen molar-refractivity contribution in [2.45, 2.75) is 25.3 Å². The van der Waals surface area contributed by atoms with Crippen LogP contribution >= 0.6 is 0 Å². The SMILES string of the molecule is CCC(N)(c1ccccc1F)c1cccc2c1OCC2. The van der Waals surface area contributed by atoms with Crippen LogP contribution in [0.2, 0.25) is 0 Å². The molecule has 2 aromatic rings. The number of para-hydroxylation sites is 1. The third-order valence-electron chi connectivity index (χ3n) is 4.11. The van der Waals surface area contributed by atoms with Gasteiger partial charge in [0.2, 0.25) is 0 Å². The molecule has 2 nitrogen and oxygen atoms in total. The van der Waals surface area contributed by atoms with E-state index < -0.39 is 5.54 Å². The molecule has 0 amide bonds. The van der Waals surface area contributed by atoms with Crippen molar-refractivity contribution >= 4 is 0 Å². The van der Waals surface area contributed by atoms with E-state index in [2.05, 4.69) is 0 Å². The first-order valence-corrected chi connectivity index (χ1v) is 6.96. The highest BCUT2D eigenvalue weighted by Crippen LogP contribution is 2.40. The molecule has 1 aliphatic heterocycles. The molecule has 0 spiro atoms. The first-order chi connectivity index (χ1) is 9.66. The van der Waals surface area contributed by atoms with Crippen LogP contribution in [0.25, 0.3) is 0 Å². The van der Waals surface area contributed by atoms with Gasteiger partial charge in [0.1, 0.15) is 11.6 Å². The summed E-state index contributed by atoms with van der Waals surface area (Å²) in [6.07, 6.45) is 1.49. The number of halogens is 1. The molecule has 3 rings (SSSR count). The van der Waals surface area contributed by atoms with Gasteiger partial charge in [0, 0.05) is 17.5 Å². The lowest BCUT2D eigenvalue weighted by Crippen LogP contribution is -2.38. The second-order valence-corrected chi connectivity index (χ2v) is 5.20. The lowest BCUT2D eigenvalue weighted by molar-refractivity contribution is 0.343. The Balaban J connectivity index is 2.20. The predicted molar refractivity (Wildman–Crippen MR) is 77.3 cm³/mol. The lowest BCUT2D eigenvalue weighted by Gasteiger charge is -2.31. The quantitative estimate of drug-likeness (QED) is 0.929. The van der Waals surface area contributed by atoms with Crippen LogP contribution in [0.1, 0.15) is 30.0 Å². The van der Waals surface area contributed by atoms with E-state index in [1.54, 1.807) is 12.1 Å². The highest BCUT2D eigenvalue weighted by molar-refractivity contribution is 5.51. The lowest BCUT2D eigenvalue weighted by atomic mass is 9.80. The molecule has 104 valence electrons. The van der Waals surface area contributed by atoms with Gasteiger partial charge >= 0.3 is 0 Å². The molecule has 0 bridgehead atoms. The zero-order valence-electron chi connectivity index (χ0n) is 11.5. The number of hydrogen-bond donors (Lipinski definition) is 1. The summed E-state index contributed by atoms with van der Waals surface area (Å²) in [6, 6.07) is 12.7. The second-order valence-electron chi connectivity index (χ2n) is 5.20. The highest BCUT2D eigenvalue weighted by atomic mass is 19.1. The maximum absolute atomic E-state index is 14.2. The fraction of sp³-hybridized carbons (Fsp3) is 0.294. The topological polar surface area (TPSA) is 35.2 Å². The van der Waals surface area contributed by atoms with Crippen molar-refractivity contribution in [3.05, 3.63) is 65.0 Å². The summed E-state index contributed by atoms with van der Waals surface area (Å²) in [4.78, 5) is 0. The first kappa shape index (κ1) is 13.1. The van der Waals surface area contributed by atoms with E-state index in [0.717, 1.165) is 23.3 Å². The molecule has 0 radical (unpaired) electrons. The standard InChI is InChI=1S/C17H18FNO/c1-2-17(19,13-7-3-4-9-15(13)18)14-8-5-6-12-10-11-20-16(12)14/h3-9H,2,10-11,19H2,1H3. The summed E-state index contributed by atoms with van der Waals surface area (Å²) >= 11 is 0. The molecule has 3 heteroatoms. The van der Waals surface area contributed by atoms with Gasteiger partial charge in [-0.2, -0.15) is 0 Å². The second kappa shape index (κ2) is 4.91. The predicted octanol–water partition coefficient (Wildman–Crippen LogP) is 3.37. The average molecular weight is 271 g/mol. The van der Waals surface area contributed by atoms with E-state index in [4.69, 9.17) is 10.5 Å². The van der Waals surface area contributed by atoms with Crippen LogP contribution in [0.15, 0.2) is 42.5 Å². The summed E-state index contributed by atoms with van der Waals surface area (Å²) in [5.41, 5.74) is 8.28. The van der Waals surface area contributed by atoms with Gasteiger partial charge in [-0.05, 0) is 18.1 Å². The van der Waals surface area contributed by atoms with Crippen molar-refractivity contribution in [2.24, 2.45) is 5.73 Å². The Morgan fingerprint density at radius 3 is 2.65 bits per heavy atom. The third-order valence-corrected chi connectivity index (χ3v) is 4.11. The minimum Gasteiger partial charge on any atom is -0.493 e. The Morgan fingerprint density at radius 1 is 1.15 bits per heavy atom. The van der Waals surface area contributed by atoms with Gasteiger partial charge in [-0.25, -0.2) is 4.39 Å². The zero-order valence-corrected chi connectivity index (χ0v) is 11.5. The highest BCUT2D eigenvalue weighted by Gasteiger charge is 2.34. The van der Waals surface area contributed by atoms with Gasteiger partial charge in [-0.1, -0.05) is 43.3 Å². The minimum absolute atomic E-state index is 0.271. The number of benzene rings is 2. The van der Waals surface area contributed by atoms with Crippen LogP contribution in [0.5, 0.6) is 5.75 Å². The van der Waals surface area contributed by atoms with Gasteiger partial charge in [-0.3, -0.25) is 0 Å². The summed E-state index contributed by atoms with van der Waals surface area (Å²) in [5.74, 6) is 0.563. The van der Waals surface area contributed by atoms with E-state index in [1.165, 1.54) is 6.07 Å². The summed E-state index contributed by atoms with van der Waals surface area (Å²) in [7, 11) is 0. The van der Waals surface area contributed by atoms with Gasteiger partial charge in [0.15, 0.2) is 0 Å². The van der Waals surface area contributed by atoms with Crippen LogP contribution in [0.4, 0.5) is 4.39 Å². The molecule has 1 heterocycles. The van der Waals surface area contributed by atoms with Gasteiger partial charge in [0.25, 0.3) is 0 Å². The Hall–Kier alpha value is -1.87. The number of nitrogens with two attached hydrogens (primary N) is 1. The smallest absolute Gasteiger partial charge is 0.128 e. The van der Waals surface area contributed by atoms with E-state index >= 15 is 0 Å². The van der Waals surface area contributed by atoms with E-state index in [-0.39, 0.29) is 5.82 Å². The molecule has 2 aromatic carbocycles. The van der Waals surface area contributed by atoms with Crippen molar-refractivity contribution in [3.8, 4) is 5.75 Å². The van der Waals surface area contributed by atoms with Crippen LogP contribution in [0, 0.1) is 5.82 Å². The molecule has 0 aliphatic carbocycles. The molecule has 1 aliphatic rings. The summed E-state index contributed by atoms with van der Waals surface area (Å²) in [6.45, 7) is 2.64. The van der Waals surface area contributed by atoms with Gasteiger partial charge < -0.3 is 10.5 Å². The molecule has 2 N–H and O–H groups in total. The molecular weight excluding hydrogens is 253 g/mol. The molecule has 0 saturated heterocycles. The van der Waals surface area contributed by atoms with Crippen LogP contribution in [-0.4, -0.2) is 6.61 Å². The van der Waals surface area contributed by atoms with Crippen LogP contribution in [-0.2, 0) is 12.0 Å². The van der Waals surface area contributed by atoms with Crippen molar-refractivity contribution in [1.29, 1.82) is 0 Å². The number of fused-ring (bicyclic) bond motifs is 1. The molecule has 0 aromatic heterocycles. The zero-order chi connectivity index (χ0) is 14.2. The third kappa shape index (κ3) is 1.90.